The van der Waals surface area contributed by atoms with Gasteiger partial charge in [-0.1, -0.05) is 13.0 Å². The van der Waals surface area contributed by atoms with E-state index in [0.717, 1.165) is 29.9 Å². The Morgan fingerprint density at radius 1 is 1.53 bits per heavy atom. The molecule has 1 aromatic rings. The number of nitrogens with zero attached hydrogens (tertiary/aromatic N) is 1. The lowest BCUT2D eigenvalue weighted by Crippen LogP contribution is -2.33. The molecule has 0 aromatic heterocycles. The minimum atomic E-state index is -0.251. The van der Waals surface area contributed by atoms with Gasteiger partial charge in [-0.2, -0.15) is 0 Å². The van der Waals surface area contributed by atoms with E-state index < -0.39 is 0 Å². The molecule has 1 amide bonds. The number of primary amides is 1. The van der Waals surface area contributed by atoms with Gasteiger partial charge in [0.25, 0.3) is 0 Å². The summed E-state index contributed by atoms with van der Waals surface area (Å²) in [6, 6.07) is 4.14. The van der Waals surface area contributed by atoms with E-state index >= 15 is 0 Å². The van der Waals surface area contributed by atoms with Crippen molar-refractivity contribution in [2.75, 3.05) is 23.7 Å². The monoisotopic (exact) mass is 233 g/mol. The first-order chi connectivity index (χ1) is 7.99. The highest BCUT2D eigenvalue weighted by atomic mass is 16.1. The third kappa shape index (κ3) is 2.20. The van der Waals surface area contributed by atoms with Crippen molar-refractivity contribution in [3.8, 4) is 0 Å². The predicted molar refractivity (Wildman–Crippen MR) is 69.9 cm³/mol. The number of hydrogen-bond acceptors (Lipinski definition) is 3. The van der Waals surface area contributed by atoms with Crippen molar-refractivity contribution < 1.29 is 4.79 Å². The topological polar surface area (TPSA) is 72.3 Å². The number of nitrogens with two attached hydrogens (primary N) is 2. The van der Waals surface area contributed by atoms with E-state index in [1.54, 1.807) is 0 Å². The third-order valence-electron chi connectivity index (χ3n) is 3.44. The molecule has 4 N–H and O–H groups in total. The number of hydrogen-bond donors (Lipinski definition) is 2. The van der Waals surface area contributed by atoms with Gasteiger partial charge in [0.05, 0.1) is 5.92 Å². The molecule has 1 aliphatic rings. The zero-order valence-electron chi connectivity index (χ0n) is 10.4. The normalized spacial score (nSPS) is 15.8. The Balaban J connectivity index is 2.22. The highest BCUT2D eigenvalue weighted by Crippen LogP contribution is 2.32. The van der Waals surface area contributed by atoms with Crippen molar-refractivity contribution >= 4 is 17.3 Å². The van der Waals surface area contributed by atoms with E-state index in [9.17, 15) is 4.79 Å². The molecule has 0 saturated heterocycles. The van der Waals surface area contributed by atoms with Crippen LogP contribution in [-0.2, 0) is 11.2 Å². The van der Waals surface area contributed by atoms with Gasteiger partial charge < -0.3 is 16.4 Å². The fourth-order valence-corrected chi connectivity index (χ4v) is 2.25. The molecular formula is C13H19N3O. The molecule has 2 rings (SSSR count). The number of benzene rings is 1. The standard InChI is InChI=1S/C13H19N3O/c1-8-5-10-3-4-16(7-9(2)13(15)17)12(10)6-11(8)14/h5-6,9H,3-4,7,14H2,1-2H3,(H2,15,17). The van der Waals surface area contributed by atoms with Gasteiger partial charge in [-0.25, -0.2) is 0 Å². The third-order valence-corrected chi connectivity index (χ3v) is 3.44. The van der Waals surface area contributed by atoms with Gasteiger partial charge in [-0.05, 0) is 30.5 Å². The molecule has 1 heterocycles. The fourth-order valence-electron chi connectivity index (χ4n) is 2.25. The van der Waals surface area contributed by atoms with E-state index in [2.05, 4.69) is 11.0 Å². The number of amides is 1. The SMILES string of the molecule is Cc1cc2c(cc1N)N(CC(C)C(N)=O)CC2. The molecule has 4 heteroatoms. The number of carbonyl (C=O) groups is 1. The molecule has 0 bridgehead atoms. The summed E-state index contributed by atoms with van der Waals surface area (Å²) >= 11 is 0. The van der Waals surface area contributed by atoms with Crippen LogP contribution in [0.5, 0.6) is 0 Å². The Morgan fingerprint density at radius 3 is 2.88 bits per heavy atom. The number of rotatable bonds is 3. The van der Waals surface area contributed by atoms with Gasteiger partial charge in [0.15, 0.2) is 0 Å². The number of aryl methyl sites for hydroxylation is 1. The minimum absolute atomic E-state index is 0.136. The first kappa shape index (κ1) is 11.8. The number of anilines is 2. The van der Waals surface area contributed by atoms with Crippen LogP contribution in [0, 0.1) is 12.8 Å². The average molecular weight is 233 g/mol. The molecule has 0 spiro atoms. The Hall–Kier alpha value is -1.71. The lowest BCUT2D eigenvalue weighted by molar-refractivity contribution is -0.121. The predicted octanol–water partition coefficient (Wildman–Crippen LogP) is 1.06. The van der Waals surface area contributed by atoms with Gasteiger partial charge in [0.1, 0.15) is 0 Å². The Bertz CT molecular complexity index is 456. The summed E-state index contributed by atoms with van der Waals surface area (Å²) in [7, 11) is 0. The molecule has 4 nitrogen and oxygen atoms in total. The molecule has 17 heavy (non-hydrogen) atoms. The first-order valence-electron chi connectivity index (χ1n) is 5.92. The van der Waals surface area contributed by atoms with Crippen LogP contribution in [0.25, 0.3) is 0 Å². The van der Waals surface area contributed by atoms with Gasteiger partial charge in [0.2, 0.25) is 5.91 Å². The van der Waals surface area contributed by atoms with Crippen LogP contribution in [0.3, 0.4) is 0 Å². The zero-order chi connectivity index (χ0) is 12.6. The molecular weight excluding hydrogens is 214 g/mol. The van der Waals surface area contributed by atoms with E-state index in [4.69, 9.17) is 11.5 Å². The van der Waals surface area contributed by atoms with Gasteiger partial charge in [0, 0.05) is 24.5 Å². The van der Waals surface area contributed by atoms with Crippen LogP contribution in [0.1, 0.15) is 18.1 Å². The molecule has 1 aliphatic heterocycles. The van der Waals surface area contributed by atoms with Gasteiger partial charge >= 0.3 is 0 Å². The summed E-state index contributed by atoms with van der Waals surface area (Å²) < 4.78 is 0. The largest absolute Gasteiger partial charge is 0.398 e. The molecule has 0 aliphatic carbocycles. The Morgan fingerprint density at radius 2 is 2.24 bits per heavy atom. The van der Waals surface area contributed by atoms with Crippen LogP contribution in [-0.4, -0.2) is 19.0 Å². The Kier molecular flexibility index (Phi) is 2.96. The summed E-state index contributed by atoms with van der Waals surface area (Å²) in [5.74, 6) is -0.387. The quantitative estimate of drug-likeness (QED) is 0.767. The van der Waals surface area contributed by atoms with Crippen LogP contribution >= 0.6 is 0 Å². The first-order valence-corrected chi connectivity index (χ1v) is 5.92. The second-order valence-electron chi connectivity index (χ2n) is 4.84. The van der Waals surface area contributed by atoms with Crippen molar-refractivity contribution in [1.82, 2.24) is 0 Å². The molecule has 0 radical (unpaired) electrons. The maximum absolute atomic E-state index is 11.1. The number of fused-ring (bicyclic) bond motifs is 1. The summed E-state index contributed by atoms with van der Waals surface area (Å²) in [6.45, 7) is 5.49. The molecule has 1 aromatic carbocycles. The van der Waals surface area contributed by atoms with Crippen LogP contribution in [0.4, 0.5) is 11.4 Å². The average Bonchev–Trinajstić information content (AvgIpc) is 2.62. The number of carbonyl (C=O) groups excluding carboxylic acids is 1. The second kappa shape index (κ2) is 4.28. The lowest BCUT2D eigenvalue weighted by Gasteiger charge is -2.22. The van der Waals surface area contributed by atoms with E-state index in [-0.39, 0.29) is 11.8 Å². The van der Waals surface area contributed by atoms with E-state index in [1.807, 2.05) is 19.9 Å². The minimum Gasteiger partial charge on any atom is -0.398 e. The summed E-state index contributed by atoms with van der Waals surface area (Å²) in [5, 5.41) is 0. The lowest BCUT2D eigenvalue weighted by atomic mass is 10.1. The van der Waals surface area contributed by atoms with Crippen LogP contribution < -0.4 is 16.4 Å². The zero-order valence-corrected chi connectivity index (χ0v) is 10.4. The van der Waals surface area contributed by atoms with Crippen molar-refractivity contribution in [1.29, 1.82) is 0 Å². The number of nitrogen functional groups attached to an aromatic ring is 1. The van der Waals surface area contributed by atoms with Crippen LogP contribution in [0.15, 0.2) is 12.1 Å². The maximum Gasteiger partial charge on any atom is 0.222 e. The van der Waals surface area contributed by atoms with E-state index in [0.29, 0.717) is 6.54 Å². The summed E-state index contributed by atoms with van der Waals surface area (Å²) in [5.41, 5.74) is 15.6. The summed E-state index contributed by atoms with van der Waals surface area (Å²) in [4.78, 5) is 13.3. The van der Waals surface area contributed by atoms with Crippen molar-refractivity contribution in [2.24, 2.45) is 11.7 Å². The highest BCUT2D eigenvalue weighted by Gasteiger charge is 2.23. The fraction of sp³-hybridized carbons (Fsp3) is 0.462. The van der Waals surface area contributed by atoms with Gasteiger partial charge in [-0.15, -0.1) is 0 Å². The molecule has 1 atom stereocenters. The van der Waals surface area contributed by atoms with Gasteiger partial charge in [-0.3, -0.25) is 4.79 Å². The second-order valence-corrected chi connectivity index (χ2v) is 4.84. The van der Waals surface area contributed by atoms with Crippen molar-refractivity contribution in [3.05, 3.63) is 23.3 Å². The highest BCUT2D eigenvalue weighted by molar-refractivity contribution is 5.77. The Labute approximate surface area is 102 Å². The molecule has 0 fully saturated rings. The molecule has 1 unspecified atom stereocenters. The summed E-state index contributed by atoms with van der Waals surface area (Å²) in [6.07, 6.45) is 1.02. The van der Waals surface area contributed by atoms with Crippen LogP contribution in [0.2, 0.25) is 0 Å². The van der Waals surface area contributed by atoms with E-state index in [1.165, 1.54) is 5.56 Å². The molecule has 0 saturated carbocycles. The molecule has 92 valence electrons. The smallest absolute Gasteiger partial charge is 0.222 e. The van der Waals surface area contributed by atoms with Crippen molar-refractivity contribution in [3.63, 3.8) is 0 Å². The maximum atomic E-state index is 11.1. The van der Waals surface area contributed by atoms with Crippen molar-refractivity contribution in [2.45, 2.75) is 20.3 Å².